The Bertz CT molecular complexity index is 334. The van der Waals surface area contributed by atoms with Crippen LogP contribution < -0.4 is 5.73 Å². The van der Waals surface area contributed by atoms with E-state index in [1.54, 1.807) is 0 Å². The lowest BCUT2D eigenvalue weighted by molar-refractivity contribution is 0.259. The van der Waals surface area contributed by atoms with E-state index in [0.29, 0.717) is 6.04 Å². The predicted octanol–water partition coefficient (Wildman–Crippen LogP) is 2.65. The molecular formula is C14H24N2. The predicted molar refractivity (Wildman–Crippen MR) is 70.6 cm³/mol. The van der Waals surface area contributed by atoms with Gasteiger partial charge in [0, 0.05) is 6.04 Å². The maximum Gasteiger partial charge on any atom is 0.0319 e. The second-order valence-corrected chi connectivity index (χ2v) is 4.66. The van der Waals surface area contributed by atoms with Gasteiger partial charge in [0.25, 0.3) is 0 Å². The maximum absolute atomic E-state index is 5.54. The van der Waals surface area contributed by atoms with Crippen molar-refractivity contribution in [3.8, 4) is 0 Å². The zero-order valence-electron chi connectivity index (χ0n) is 11.0. The minimum atomic E-state index is 0.465. The molecule has 90 valence electrons. The molecule has 1 rings (SSSR count). The number of benzene rings is 1. The molecule has 2 heteroatoms. The van der Waals surface area contributed by atoms with Crippen molar-refractivity contribution < 1.29 is 0 Å². The monoisotopic (exact) mass is 220 g/mol. The van der Waals surface area contributed by atoms with Crippen molar-refractivity contribution in [1.29, 1.82) is 0 Å². The summed E-state index contributed by atoms with van der Waals surface area (Å²) < 4.78 is 0. The average Bonchev–Trinajstić information content (AvgIpc) is 2.25. The fourth-order valence-electron chi connectivity index (χ4n) is 2.07. The first kappa shape index (κ1) is 13.2. The Hall–Kier alpha value is -0.860. The number of hydrogen-bond acceptors (Lipinski definition) is 2. The lowest BCUT2D eigenvalue weighted by Gasteiger charge is -2.26. The van der Waals surface area contributed by atoms with E-state index in [4.69, 9.17) is 5.73 Å². The van der Waals surface area contributed by atoms with E-state index < -0.39 is 0 Å². The van der Waals surface area contributed by atoms with Gasteiger partial charge in [0.1, 0.15) is 0 Å². The van der Waals surface area contributed by atoms with Crippen LogP contribution >= 0.6 is 0 Å². The van der Waals surface area contributed by atoms with E-state index in [0.717, 1.165) is 19.5 Å². The van der Waals surface area contributed by atoms with Gasteiger partial charge in [-0.1, -0.05) is 23.8 Å². The van der Waals surface area contributed by atoms with E-state index in [2.05, 4.69) is 50.9 Å². The van der Waals surface area contributed by atoms with Gasteiger partial charge in [-0.15, -0.1) is 0 Å². The number of rotatable bonds is 5. The zero-order chi connectivity index (χ0) is 12.1. The van der Waals surface area contributed by atoms with Crippen LogP contribution in [0.2, 0.25) is 0 Å². The van der Waals surface area contributed by atoms with E-state index in [9.17, 15) is 0 Å². The molecular weight excluding hydrogens is 196 g/mol. The van der Waals surface area contributed by atoms with Gasteiger partial charge >= 0.3 is 0 Å². The Labute approximate surface area is 99.5 Å². The number of nitrogens with zero attached hydrogens (tertiary/aromatic N) is 1. The highest BCUT2D eigenvalue weighted by Gasteiger charge is 2.12. The van der Waals surface area contributed by atoms with E-state index in [1.807, 2.05) is 0 Å². The molecule has 0 saturated carbocycles. The van der Waals surface area contributed by atoms with E-state index in [-0.39, 0.29) is 0 Å². The van der Waals surface area contributed by atoms with Gasteiger partial charge in [-0.25, -0.2) is 0 Å². The third-order valence-electron chi connectivity index (χ3n) is 3.25. The quantitative estimate of drug-likeness (QED) is 0.826. The molecule has 1 aromatic rings. The zero-order valence-corrected chi connectivity index (χ0v) is 11.0. The van der Waals surface area contributed by atoms with Gasteiger partial charge in [0.2, 0.25) is 0 Å². The maximum atomic E-state index is 5.54. The summed E-state index contributed by atoms with van der Waals surface area (Å²) in [5, 5.41) is 0. The van der Waals surface area contributed by atoms with Crippen molar-refractivity contribution in [3.63, 3.8) is 0 Å². The number of nitrogens with two attached hydrogens (primary N) is 1. The Morgan fingerprint density at radius 1 is 1.31 bits per heavy atom. The van der Waals surface area contributed by atoms with Crippen LogP contribution in [-0.2, 0) is 0 Å². The molecule has 0 amide bonds. The Balaban J connectivity index is 2.75. The van der Waals surface area contributed by atoms with Gasteiger partial charge in [-0.3, -0.25) is 4.90 Å². The van der Waals surface area contributed by atoms with Crippen LogP contribution in [0.3, 0.4) is 0 Å². The molecule has 1 atom stereocenters. The molecule has 0 radical (unpaired) electrons. The fraction of sp³-hybridized carbons (Fsp3) is 0.571. The van der Waals surface area contributed by atoms with E-state index >= 15 is 0 Å². The molecule has 0 saturated heterocycles. The van der Waals surface area contributed by atoms with Crippen molar-refractivity contribution in [2.45, 2.75) is 33.2 Å². The summed E-state index contributed by atoms with van der Waals surface area (Å²) in [5.41, 5.74) is 9.67. The van der Waals surface area contributed by atoms with Crippen LogP contribution in [0, 0.1) is 13.8 Å². The molecule has 0 heterocycles. The highest BCUT2D eigenvalue weighted by atomic mass is 15.1. The normalized spacial score (nSPS) is 13.1. The molecule has 2 nitrogen and oxygen atoms in total. The molecule has 1 aromatic carbocycles. The second-order valence-electron chi connectivity index (χ2n) is 4.66. The van der Waals surface area contributed by atoms with Crippen LogP contribution in [-0.4, -0.2) is 25.0 Å². The molecule has 0 aliphatic rings. The summed E-state index contributed by atoms with van der Waals surface area (Å²) in [4.78, 5) is 2.37. The van der Waals surface area contributed by atoms with Crippen LogP contribution in [0.4, 0.5) is 0 Å². The third-order valence-corrected chi connectivity index (χ3v) is 3.25. The highest BCUT2D eigenvalue weighted by Crippen LogP contribution is 2.23. The standard InChI is InChI=1S/C14H24N2/c1-11-6-7-14(12(2)10-11)13(3)16(4)9-5-8-15/h6-7,10,13H,5,8-9,15H2,1-4H3. The smallest absolute Gasteiger partial charge is 0.0319 e. The number of hydrogen-bond donors (Lipinski definition) is 1. The lowest BCUT2D eigenvalue weighted by atomic mass is 9.99. The van der Waals surface area contributed by atoms with Crippen LogP contribution in [0.15, 0.2) is 18.2 Å². The molecule has 16 heavy (non-hydrogen) atoms. The van der Waals surface area contributed by atoms with Crippen LogP contribution in [0.5, 0.6) is 0 Å². The number of aryl methyl sites for hydroxylation is 2. The Morgan fingerprint density at radius 3 is 2.56 bits per heavy atom. The first-order valence-electron chi connectivity index (χ1n) is 6.03. The fourth-order valence-corrected chi connectivity index (χ4v) is 2.07. The van der Waals surface area contributed by atoms with Crippen molar-refractivity contribution in [3.05, 3.63) is 34.9 Å². The summed E-state index contributed by atoms with van der Waals surface area (Å²) in [5.74, 6) is 0. The van der Waals surface area contributed by atoms with Crippen LogP contribution in [0.1, 0.15) is 36.1 Å². The summed E-state index contributed by atoms with van der Waals surface area (Å²) in [7, 11) is 2.17. The minimum Gasteiger partial charge on any atom is -0.330 e. The minimum absolute atomic E-state index is 0.465. The largest absolute Gasteiger partial charge is 0.330 e. The van der Waals surface area contributed by atoms with Gasteiger partial charge in [-0.2, -0.15) is 0 Å². The van der Waals surface area contributed by atoms with Gasteiger partial charge < -0.3 is 5.73 Å². The topological polar surface area (TPSA) is 29.3 Å². The van der Waals surface area contributed by atoms with Crippen LogP contribution in [0.25, 0.3) is 0 Å². The van der Waals surface area contributed by atoms with Crippen molar-refractivity contribution >= 4 is 0 Å². The van der Waals surface area contributed by atoms with Gasteiger partial charge in [0.05, 0.1) is 0 Å². The average molecular weight is 220 g/mol. The first-order chi connectivity index (χ1) is 7.56. The van der Waals surface area contributed by atoms with Gasteiger partial charge in [-0.05, 0) is 58.5 Å². The third kappa shape index (κ3) is 3.32. The molecule has 0 fully saturated rings. The molecule has 0 aliphatic heterocycles. The summed E-state index contributed by atoms with van der Waals surface area (Å²) in [6.07, 6.45) is 1.06. The Kier molecular flexibility index (Phi) is 4.97. The van der Waals surface area contributed by atoms with Crippen molar-refractivity contribution in [2.24, 2.45) is 5.73 Å². The first-order valence-corrected chi connectivity index (χ1v) is 6.03. The molecule has 0 spiro atoms. The van der Waals surface area contributed by atoms with Crippen molar-refractivity contribution in [2.75, 3.05) is 20.1 Å². The molecule has 0 bridgehead atoms. The van der Waals surface area contributed by atoms with Crippen molar-refractivity contribution in [1.82, 2.24) is 4.90 Å². The Morgan fingerprint density at radius 2 is 2.00 bits per heavy atom. The summed E-state index contributed by atoms with van der Waals surface area (Å²) in [6.45, 7) is 8.41. The summed E-state index contributed by atoms with van der Waals surface area (Å²) >= 11 is 0. The lowest BCUT2D eigenvalue weighted by Crippen LogP contribution is -2.25. The molecule has 1 unspecified atom stereocenters. The highest BCUT2D eigenvalue weighted by molar-refractivity contribution is 5.32. The molecule has 2 N–H and O–H groups in total. The van der Waals surface area contributed by atoms with E-state index in [1.165, 1.54) is 16.7 Å². The molecule has 0 aliphatic carbocycles. The molecule has 0 aromatic heterocycles. The second kappa shape index (κ2) is 6.02. The SMILES string of the molecule is Cc1ccc(C(C)N(C)CCCN)c(C)c1. The van der Waals surface area contributed by atoms with Gasteiger partial charge in [0.15, 0.2) is 0 Å². The summed E-state index contributed by atoms with van der Waals surface area (Å²) in [6, 6.07) is 7.15.